The van der Waals surface area contributed by atoms with E-state index in [4.69, 9.17) is 9.47 Å². The van der Waals surface area contributed by atoms with Crippen LogP contribution >= 0.6 is 0 Å². The standard InChI is InChI=1S/C13H21NO5/c1-12(2,3)19-11(17)14-6-9(10(15)16)13(7-14)4-5-18-8-13/h9H,4-8H2,1-3H3,(H,15,16). The van der Waals surface area contributed by atoms with E-state index in [-0.39, 0.29) is 6.54 Å². The summed E-state index contributed by atoms with van der Waals surface area (Å²) in [7, 11) is 0. The molecule has 1 N–H and O–H groups in total. The van der Waals surface area contributed by atoms with Gasteiger partial charge in [-0.3, -0.25) is 4.79 Å². The van der Waals surface area contributed by atoms with Gasteiger partial charge in [0, 0.05) is 25.1 Å². The van der Waals surface area contributed by atoms with Gasteiger partial charge in [0.15, 0.2) is 0 Å². The van der Waals surface area contributed by atoms with Crippen LogP contribution in [0.25, 0.3) is 0 Å². The third-order valence-corrected chi connectivity index (χ3v) is 3.73. The topological polar surface area (TPSA) is 76.1 Å². The highest BCUT2D eigenvalue weighted by Crippen LogP contribution is 2.43. The predicted molar refractivity (Wildman–Crippen MR) is 66.8 cm³/mol. The Morgan fingerprint density at radius 3 is 2.58 bits per heavy atom. The average molecular weight is 271 g/mol. The third-order valence-electron chi connectivity index (χ3n) is 3.73. The van der Waals surface area contributed by atoms with Crippen LogP contribution in [0.1, 0.15) is 27.2 Å². The van der Waals surface area contributed by atoms with Gasteiger partial charge >= 0.3 is 12.1 Å². The van der Waals surface area contributed by atoms with Crippen LogP contribution in [0.3, 0.4) is 0 Å². The zero-order chi connectivity index (χ0) is 14.3. The number of carboxylic acids is 1. The van der Waals surface area contributed by atoms with Crippen LogP contribution in [0.15, 0.2) is 0 Å². The summed E-state index contributed by atoms with van der Waals surface area (Å²) in [6.45, 7) is 6.96. The largest absolute Gasteiger partial charge is 0.481 e. The smallest absolute Gasteiger partial charge is 0.410 e. The second kappa shape index (κ2) is 4.67. The van der Waals surface area contributed by atoms with E-state index in [1.54, 1.807) is 20.8 Å². The molecule has 2 fully saturated rings. The van der Waals surface area contributed by atoms with Crippen LogP contribution < -0.4 is 0 Å². The zero-order valence-electron chi connectivity index (χ0n) is 11.6. The number of carbonyl (C=O) groups is 2. The van der Waals surface area contributed by atoms with Gasteiger partial charge in [-0.05, 0) is 27.2 Å². The number of carbonyl (C=O) groups excluding carboxylic acids is 1. The lowest BCUT2D eigenvalue weighted by Gasteiger charge is -2.26. The third kappa shape index (κ3) is 2.83. The molecule has 0 aliphatic carbocycles. The van der Waals surface area contributed by atoms with Crippen LogP contribution in [0, 0.1) is 11.3 Å². The van der Waals surface area contributed by atoms with Gasteiger partial charge in [0.2, 0.25) is 0 Å². The molecule has 0 radical (unpaired) electrons. The lowest BCUT2D eigenvalue weighted by molar-refractivity contribution is -0.144. The molecule has 1 amide bonds. The molecule has 6 nitrogen and oxygen atoms in total. The summed E-state index contributed by atoms with van der Waals surface area (Å²) in [4.78, 5) is 24.9. The Labute approximate surface area is 112 Å². The minimum absolute atomic E-state index is 0.202. The van der Waals surface area contributed by atoms with Crippen LogP contribution in [-0.4, -0.2) is 54.0 Å². The van der Waals surface area contributed by atoms with Crippen molar-refractivity contribution in [3.8, 4) is 0 Å². The molecule has 0 saturated carbocycles. The summed E-state index contributed by atoms with van der Waals surface area (Å²) in [5, 5.41) is 9.34. The molecule has 2 unspecified atom stereocenters. The number of aliphatic carboxylic acids is 1. The van der Waals surface area contributed by atoms with E-state index in [0.29, 0.717) is 26.2 Å². The normalized spacial score (nSPS) is 30.9. The number of amides is 1. The quantitative estimate of drug-likeness (QED) is 0.779. The lowest BCUT2D eigenvalue weighted by atomic mass is 9.77. The van der Waals surface area contributed by atoms with E-state index in [2.05, 4.69) is 0 Å². The number of ether oxygens (including phenoxy) is 2. The van der Waals surface area contributed by atoms with Crippen molar-refractivity contribution in [2.45, 2.75) is 32.8 Å². The predicted octanol–water partition coefficient (Wildman–Crippen LogP) is 1.34. The molecule has 2 saturated heterocycles. The van der Waals surface area contributed by atoms with Crippen LogP contribution in [0.4, 0.5) is 4.79 Å². The van der Waals surface area contributed by atoms with Crippen LogP contribution in [0.5, 0.6) is 0 Å². The van der Waals surface area contributed by atoms with Crippen molar-refractivity contribution in [2.24, 2.45) is 11.3 Å². The van der Waals surface area contributed by atoms with Gasteiger partial charge in [-0.25, -0.2) is 4.79 Å². The molecule has 0 aromatic heterocycles. The Bertz CT molecular complexity index is 381. The number of nitrogens with zero attached hydrogens (tertiary/aromatic N) is 1. The fourth-order valence-electron chi connectivity index (χ4n) is 2.80. The van der Waals surface area contributed by atoms with Gasteiger partial charge in [0.1, 0.15) is 5.60 Å². The van der Waals surface area contributed by atoms with Gasteiger partial charge in [0.05, 0.1) is 12.5 Å². The Hall–Kier alpha value is -1.30. The van der Waals surface area contributed by atoms with E-state index in [1.165, 1.54) is 4.90 Å². The van der Waals surface area contributed by atoms with Gasteiger partial charge in [-0.1, -0.05) is 0 Å². The highest BCUT2D eigenvalue weighted by Gasteiger charge is 2.54. The number of carboxylic acid groups (broad SMARTS) is 1. The maximum Gasteiger partial charge on any atom is 0.410 e. The number of hydrogen-bond acceptors (Lipinski definition) is 4. The summed E-state index contributed by atoms with van der Waals surface area (Å²) in [6.07, 6.45) is 0.242. The van der Waals surface area contributed by atoms with E-state index in [0.717, 1.165) is 0 Å². The highest BCUT2D eigenvalue weighted by molar-refractivity contribution is 5.75. The van der Waals surface area contributed by atoms with Gasteiger partial charge in [-0.15, -0.1) is 0 Å². The van der Waals surface area contributed by atoms with Crippen molar-refractivity contribution in [1.29, 1.82) is 0 Å². The Balaban J connectivity index is 2.10. The maximum absolute atomic E-state index is 12.0. The minimum atomic E-state index is -0.864. The van der Waals surface area contributed by atoms with Gasteiger partial charge in [0.25, 0.3) is 0 Å². The molecular formula is C13H21NO5. The Kier molecular flexibility index (Phi) is 3.47. The summed E-state index contributed by atoms with van der Waals surface area (Å²) < 4.78 is 10.7. The summed E-state index contributed by atoms with van der Waals surface area (Å²) in [6, 6.07) is 0. The van der Waals surface area contributed by atoms with Crippen LogP contribution in [0.2, 0.25) is 0 Å². The molecule has 2 atom stereocenters. The van der Waals surface area contributed by atoms with Gasteiger partial charge in [-0.2, -0.15) is 0 Å². The van der Waals surface area contributed by atoms with E-state index in [1.807, 2.05) is 0 Å². The first-order valence-corrected chi connectivity index (χ1v) is 6.52. The van der Waals surface area contributed by atoms with Gasteiger partial charge < -0.3 is 19.5 Å². The van der Waals surface area contributed by atoms with Crippen molar-refractivity contribution >= 4 is 12.1 Å². The molecule has 6 heteroatoms. The summed E-state index contributed by atoms with van der Waals surface area (Å²) in [5.41, 5.74) is -1.01. The monoisotopic (exact) mass is 271 g/mol. The molecular weight excluding hydrogens is 250 g/mol. The molecule has 0 aromatic rings. The average Bonchev–Trinajstić information content (AvgIpc) is 2.84. The minimum Gasteiger partial charge on any atom is -0.481 e. The first-order chi connectivity index (χ1) is 8.73. The second-order valence-electron chi connectivity index (χ2n) is 6.42. The Morgan fingerprint density at radius 1 is 1.42 bits per heavy atom. The molecule has 0 aromatic carbocycles. The van der Waals surface area contributed by atoms with E-state index < -0.39 is 29.0 Å². The molecule has 0 bridgehead atoms. The maximum atomic E-state index is 12.0. The second-order valence-corrected chi connectivity index (χ2v) is 6.42. The van der Waals surface area contributed by atoms with E-state index in [9.17, 15) is 14.7 Å². The molecule has 2 rings (SSSR count). The molecule has 2 heterocycles. The van der Waals surface area contributed by atoms with Crippen molar-refractivity contribution in [2.75, 3.05) is 26.3 Å². The first-order valence-electron chi connectivity index (χ1n) is 6.52. The first kappa shape index (κ1) is 14.1. The van der Waals surface area contributed by atoms with Crippen molar-refractivity contribution < 1.29 is 24.2 Å². The highest BCUT2D eigenvalue weighted by atomic mass is 16.6. The zero-order valence-corrected chi connectivity index (χ0v) is 11.6. The molecule has 2 aliphatic rings. The fraction of sp³-hybridized carbons (Fsp3) is 0.846. The fourth-order valence-corrected chi connectivity index (χ4v) is 2.80. The Morgan fingerprint density at radius 2 is 2.11 bits per heavy atom. The van der Waals surface area contributed by atoms with Crippen molar-refractivity contribution in [3.05, 3.63) is 0 Å². The molecule has 108 valence electrons. The van der Waals surface area contributed by atoms with Crippen molar-refractivity contribution in [3.63, 3.8) is 0 Å². The molecule has 19 heavy (non-hydrogen) atoms. The number of hydrogen-bond donors (Lipinski definition) is 1. The summed E-state index contributed by atoms with van der Waals surface area (Å²) in [5.74, 6) is -1.43. The van der Waals surface area contributed by atoms with E-state index >= 15 is 0 Å². The van der Waals surface area contributed by atoms with Crippen molar-refractivity contribution in [1.82, 2.24) is 4.90 Å². The summed E-state index contributed by atoms with van der Waals surface area (Å²) >= 11 is 0. The molecule has 1 spiro atoms. The number of likely N-dealkylation sites (tertiary alicyclic amines) is 1. The number of rotatable bonds is 1. The van der Waals surface area contributed by atoms with Crippen LogP contribution in [-0.2, 0) is 14.3 Å². The SMILES string of the molecule is CC(C)(C)OC(=O)N1CC(C(=O)O)C2(CCOC2)C1. The molecule has 2 aliphatic heterocycles. The lowest BCUT2D eigenvalue weighted by Crippen LogP contribution is -2.37.